The standard InChI is InChI=1S/C29H35NO8.C23H18ClF2N3O3S/c1-7-11-30(12-8-2)14-17-23-26(34)25(33)22-18-9-10-20(32)28(18,4)13-19(37-16(3)31)24(22)29(23,5)21(15-36-6)38-27(17)35;1-2-9-33(31,32)29-19-8-7-18(25)20(21(19)26)22(30)17-12-28-23-16(17)10-14(11-27-23)13-3-5-15(24)6-4-13/h7-8,14,18-19,21,34H,1-2,9-13,15H2,3-6H3;3-8,10-12,29H,2,9H2,1H3,(H,27,28)/b17-14+;/t18-,19+,21+,28-,29-;/m0./s1. The van der Waals surface area contributed by atoms with E-state index in [4.69, 9.17) is 25.8 Å². The number of carbonyl (C=O) groups is 5. The van der Waals surface area contributed by atoms with Crippen LogP contribution in [0, 0.1) is 28.4 Å². The lowest BCUT2D eigenvalue weighted by Gasteiger charge is -2.53. The number of aliphatic hydroxyl groups is 1. The van der Waals surface area contributed by atoms with E-state index in [0.29, 0.717) is 53.1 Å². The molecule has 0 unspecified atom stereocenters. The number of fused-ring (bicyclic) bond motifs is 5. The maximum Gasteiger partial charge on any atom is 0.340 e. The van der Waals surface area contributed by atoms with Gasteiger partial charge in [0, 0.05) is 103 Å². The Kier molecular flexibility index (Phi) is 15.1. The molecule has 2 aromatic carbocycles. The number of pyridine rings is 1. The Morgan fingerprint density at radius 1 is 1.08 bits per heavy atom. The van der Waals surface area contributed by atoms with E-state index in [2.05, 4.69) is 27.8 Å². The summed E-state index contributed by atoms with van der Waals surface area (Å²) < 4.78 is 72.9. The zero-order valence-electron chi connectivity index (χ0n) is 39.7. The first-order chi connectivity index (χ1) is 33.6. The first-order valence-electron chi connectivity index (χ1n) is 22.7. The van der Waals surface area contributed by atoms with Crippen LogP contribution in [0.2, 0.25) is 5.02 Å². The molecule has 2 fully saturated rings. The van der Waals surface area contributed by atoms with Crippen molar-refractivity contribution >= 4 is 67.6 Å². The fraction of sp³-hybridized carbons (Fsp3) is 0.346. The molecule has 374 valence electrons. The second-order valence-electron chi connectivity index (χ2n) is 18.1. The number of aromatic amines is 1. The summed E-state index contributed by atoms with van der Waals surface area (Å²) in [5.41, 5.74) is -0.879. The van der Waals surface area contributed by atoms with Gasteiger partial charge in [0.15, 0.2) is 11.6 Å². The van der Waals surface area contributed by atoms with Crippen molar-refractivity contribution in [3.8, 4) is 11.1 Å². The van der Waals surface area contributed by atoms with Crippen LogP contribution in [0.5, 0.6) is 0 Å². The molecule has 1 aliphatic heterocycles. The number of esters is 2. The number of aromatic nitrogens is 2. The molecule has 0 bridgehead atoms. The molecular weight excluding hydrogens is 962 g/mol. The predicted octanol–water partition coefficient (Wildman–Crippen LogP) is 8.68. The number of cyclic esters (lactones) is 1. The zero-order chi connectivity index (χ0) is 51.7. The summed E-state index contributed by atoms with van der Waals surface area (Å²) in [6.45, 7) is 14.7. The number of methoxy groups -OCH3 is 1. The Morgan fingerprint density at radius 2 is 1.77 bits per heavy atom. The van der Waals surface area contributed by atoms with Crippen molar-refractivity contribution in [1.82, 2.24) is 14.9 Å². The minimum atomic E-state index is -3.84. The molecule has 19 heteroatoms. The van der Waals surface area contributed by atoms with E-state index in [1.807, 2.05) is 0 Å². The first-order valence-corrected chi connectivity index (χ1v) is 24.8. The Balaban J connectivity index is 0.000000211. The number of Topliss-reactive ketones (excluding diaryl/α,β-unsaturated/α-hetero) is 2. The highest BCUT2D eigenvalue weighted by atomic mass is 35.5. The minimum Gasteiger partial charge on any atom is -0.504 e. The van der Waals surface area contributed by atoms with E-state index in [1.165, 1.54) is 26.4 Å². The van der Waals surface area contributed by atoms with E-state index < -0.39 is 91.1 Å². The molecule has 1 saturated heterocycles. The van der Waals surface area contributed by atoms with Gasteiger partial charge in [-0.1, -0.05) is 49.7 Å². The normalized spacial score (nSPS) is 23.3. The van der Waals surface area contributed by atoms with Crippen LogP contribution in [0.1, 0.15) is 69.3 Å². The highest BCUT2D eigenvalue weighted by Crippen LogP contribution is 2.62. The fourth-order valence-electron chi connectivity index (χ4n) is 10.2. The van der Waals surface area contributed by atoms with Gasteiger partial charge in [-0.3, -0.25) is 23.9 Å². The van der Waals surface area contributed by atoms with Crippen molar-refractivity contribution in [3.05, 3.63) is 142 Å². The van der Waals surface area contributed by atoms with Crippen molar-refractivity contribution in [2.24, 2.45) is 16.7 Å². The van der Waals surface area contributed by atoms with Gasteiger partial charge < -0.3 is 29.2 Å². The van der Waals surface area contributed by atoms with Crippen molar-refractivity contribution in [3.63, 3.8) is 0 Å². The van der Waals surface area contributed by atoms with Gasteiger partial charge >= 0.3 is 11.9 Å². The Morgan fingerprint density at radius 3 is 2.41 bits per heavy atom. The summed E-state index contributed by atoms with van der Waals surface area (Å²) >= 11 is 5.93. The van der Waals surface area contributed by atoms with E-state index in [9.17, 15) is 41.9 Å². The Labute approximate surface area is 414 Å². The predicted molar refractivity (Wildman–Crippen MR) is 262 cm³/mol. The van der Waals surface area contributed by atoms with Crippen LogP contribution in [0.15, 0.2) is 114 Å². The fourth-order valence-corrected chi connectivity index (χ4v) is 11.5. The summed E-state index contributed by atoms with van der Waals surface area (Å²) in [5, 5.41) is 12.4. The average molecular weight is 1020 g/mol. The van der Waals surface area contributed by atoms with Gasteiger partial charge in [0.2, 0.25) is 21.6 Å². The number of nitrogens with zero attached hydrogens (tertiary/aromatic N) is 2. The van der Waals surface area contributed by atoms with Crippen LogP contribution in [0.3, 0.4) is 0 Å². The summed E-state index contributed by atoms with van der Waals surface area (Å²) in [6, 6.07) is 10.5. The van der Waals surface area contributed by atoms with Gasteiger partial charge in [-0.2, -0.15) is 0 Å². The number of rotatable bonds is 15. The maximum atomic E-state index is 15.1. The number of allylic oxidation sites excluding steroid dienone is 1. The smallest absolute Gasteiger partial charge is 0.340 e. The number of H-pyrrole nitrogens is 1. The molecule has 4 aromatic rings. The molecule has 3 heterocycles. The number of carbonyl (C=O) groups excluding carboxylic acids is 5. The topological polar surface area (TPSA) is 211 Å². The third-order valence-corrected chi connectivity index (χ3v) is 15.2. The number of halogens is 3. The van der Waals surface area contributed by atoms with E-state index in [0.717, 1.165) is 17.7 Å². The minimum absolute atomic E-state index is 0.000297. The molecule has 4 aliphatic rings. The van der Waals surface area contributed by atoms with Crippen LogP contribution in [0.4, 0.5) is 14.5 Å². The third-order valence-electron chi connectivity index (χ3n) is 13.5. The molecule has 8 rings (SSSR count). The summed E-state index contributed by atoms with van der Waals surface area (Å²) in [5.74, 6) is -6.56. The van der Waals surface area contributed by atoms with E-state index >= 15 is 4.39 Å². The number of benzene rings is 2. The second-order valence-corrected chi connectivity index (χ2v) is 20.4. The largest absolute Gasteiger partial charge is 0.504 e. The molecule has 3 aliphatic carbocycles. The molecule has 2 aromatic heterocycles. The lowest BCUT2D eigenvalue weighted by atomic mass is 9.53. The summed E-state index contributed by atoms with van der Waals surface area (Å²) in [7, 11) is -2.38. The van der Waals surface area contributed by atoms with Gasteiger partial charge in [-0.05, 0) is 61.2 Å². The van der Waals surface area contributed by atoms with Crippen LogP contribution < -0.4 is 4.72 Å². The molecule has 0 radical (unpaired) electrons. The summed E-state index contributed by atoms with van der Waals surface area (Å²) in [6.07, 6.45) is 7.11. The van der Waals surface area contributed by atoms with Gasteiger partial charge in [0.1, 0.15) is 29.5 Å². The Hall–Kier alpha value is -6.76. The van der Waals surface area contributed by atoms with Crippen molar-refractivity contribution in [2.45, 2.75) is 65.6 Å². The van der Waals surface area contributed by atoms with Crippen molar-refractivity contribution in [2.75, 3.05) is 37.3 Å². The summed E-state index contributed by atoms with van der Waals surface area (Å²) in [4.78, 5) is 74.6. The lowest BCUT2D eigenvalue weighted by Crippen LogP contribution is -2.57. The monoisotopic (exact) mass is 1010 g/mol. The number of ether oxygens (including phenoxy) is 3. The number of ketones is 3. The molecular formula is C52H53ClF2N4O11S. The molecule has 3 N–H and O–H groups in total. The van der Waals surface area contributed by atoms with Crippen LogP contribution in [0.25, 0.3) is 22.2 Å². The molecule has 5 atom stereocenters. The second kappa shape index (κ2) is 20.5. The van der Waals surface area contributed by atoms with E-state index in [1.54, 1.807) is 74.4 Å². The average Bonchev–Trinajstić information content (AvgIpc) is 3.87. The zero-order valence-corrected chi connectivity index (χ0v) is 41.3. The van der Waals surface area contributed by atoms with Crippen molar-refractivity contribution in [1.29, 1.82) is 0 Å². The van der Waals surface area contributed by atoms with Crippen molar-refractivity contribution < 1.29 is 60.5 Å². The molecule has 0 spiro atoms. The SMILES string of the molecule is C=CCN(/C=C1/C(=O)O[C@H](COC)[C@@]2(C)C1=C(O)C(=O)C1=C2[C@H](OC(C)=O)C[C@]2(C)C(=O)CC[C@@H]12)CC=C.CCCS(=O)(=O)Nc1ccc(F)c(C(=O)c2c[nH]c3ncc(-c4ccc(Cl)cc4)cc23)c1F. The third kappa shape index (κ3) is 9.72. The number of anilines is 1. The highest BCUT2D eigenvalue weighted by Gasteiger charge is 2.64. The van der Waals surface area contributed by atoms with Crippen LogP contribution in [-0.2, 0) is 43.4 Å². The molecule has 1 saturated carbocycles. The van der Waals surface area contributed by atoms with Gasteiger partial charge in [-0.25, -0.2) is 27.0 Å². The number of aliphatic hydroxyl groups excluding tert-OH is 1. The van der Waals surface area contributed by atoms with E-state index in [-0.39, 0.29) is 53.3 Å². The van der Waals surface area contributed by atoms with Gasteiger partial charge in [0.05, 0.1) is 34.6 Å². The number of hydrogen-bond acceptors (Lipinski definition) is 13. The molecule has 15 nitrogen and oxygen atoms in total. The van der Waals surface area contributed by atoms with Gasteiger partial charge in [0.25, 0.3) is 0 Å². The number of nitrogens with one attached hydrogen (secondary N) is 2. The lowest BCUT2D eigenvalue weighted by molar-refractivity contribution is -0.160. The number of sulfonamides is 1. The highest BCUT2D eigenvalue weighted by molar-refractivity contribution is 7.92. The molecule has 71 heavy (non-hydrogen) atoms. The first kappa shape index (κ1) is 52.1. The maximum absolute atomic E-state index is 15.1. The number of hydrogen-bond donors (Lipinski definition) is 3. The molecule has 0 amide bonds. The van der Waals surface area contributed by atoms with Crippen LogP contribution >= 0.6 is 11.6 Å². The van der Waals surface area contributed by atoms with Crippen LogP contribution in [-0.4, -0.2) is 102 Å². The quantitative estimate of drug-likeness (QED) is 0.0441. The Bertz CT molecular complexity index is 3080. The van der Waals surface area contributed by atoms with Gasteiger partial charge in [-0.15, -0.1) is 13.2 Å².